The molecule has 1 atom stereocenters. The van der Waals surface area contributed by atoms with Crippen LogP contribution >= 0.6 is 15.8 Å². The number of aryl methyl sites for hydroxylation is 1. The first-order valence-corrected chi connectivity index (χ1v) is 20.1. The minimum atomic E-state index is -3.57. The molecule has 2 aliphatic rings. The van der Waals surface area contributed by atoms with Gasteiger partial charge in [0.2, 0.25) is 0 Å². The molecule has 5 heteroatoms. The molecule has 214 valence electrons. The largest absolute Gasteiger partial charge is 0.223 e. The Balaban J connectivity index is 1.68. The summed E-state index contributed by atoms with van der Waals surface area (Å²) in [5.41, 5.74) is 2.34. The maximum Gasteiger partial charge on any atom is 0.189 e. The molecule has 0 heterocycles. The lowest BCUT2D eigenvalue weighted by Crippen LogP contribution is -2.35. The third-order valence-corrected chi connectivity index (χ3v) is 20.3. The number of hydrogen-bond acceptors (Lipinski definition) is 2. The summed E-state index contributed by atoms with van der Waals surface area (Å²) < 4.78 is 30.1. The van der Waals surface area contributed by atoms with E-state index in [1.807, 2.05) is 12.1 Å². The van der Waals surface area contributed by atoms with Crippen LogP contribution in [0.25, 0.3) is 0 Å². The van der Waals surface area contributed by atoms with Crippen LogP contribution in [0.5, 0.6) is 0 Å². The Morgan fingerprint density at radius 3 is 1.60 bits per heavy atom. The summed E-state index contributed by atoms with van der Waals surface area (Å²) in [7, 11) is -5.40. The first-order chi connectivity index (χ1) is 19.6. The van der Waals surface area contributed by atoms with Gasteiger partial charge in [-0.25, -0.2) is 8.42 Å². The van der Waals surface area contributed by atoms with Gasteiger partial charge in [-0.15, -0.1) is 0 Å². The van der Waals surface area contributed by atoms with Gasteiger partial charge in [-0.2, -0.15) is 0 Å². The second kappa shape index (κ2) is 14.6. The summed E-state index contributed by atoms with van der Waals surface area (Å²) in [6.45, 7) is 2.21. The lowest BCUT2D eigenvalue weighted by molar-refractivity contribution is 0.484. The molecule has 0 radical (unpaired) electrons. The number of unbranched alkanes of at least 4 members (excludes halogenated alkanes) is 1. The lowest BCUT2D eigenvalue weighted by atomic mass is 9.99. The van der Waals surface area contributed by atoms with E-state index in [0.29, 0.717) is 16.2 Å². The van der Waals surface area contributed by atoms with Crippen LogP contribution in [0.4, 0.5) is 0 Å². The topological polar surface area (TPSA) is 34.1 Å². The molecule has 0 bridgehead atoms. The highest BCUT2D eigenvalue weighted by molar-refractivity contribution is 8.10. The molecule has 2 saturated carbocycles. The third kappa shape index (κ3) is 7.09. The number of benzene rings is 3. The quantitative estimate of drug-likeness (QED) is 0.208. The van der Waals surface area contributed by atoms with Gasteiger partial charge in [-0.3, -0.25) is 0 Å². The third-order valence-electron chi connectivity index (χ3n) is 8.89. The van der Waals surface area contributed by atoms with Crippen LogP contribution in [0.15, 0.2) is 89.8 Å². The van der Waals surface area contributed by atoms with Gasteiger partial charge in [-0.1, -0.05) is 133 Å². The Hall–Kier alpha value is -1.53. The van der Waals surface area contributed by atoms with E-state index < -0.39 is 25.7 Å². The van der Waals surface area contributed by atoms with Crippen LogP contribution in [0, 0.1) is 0 Å². The Morgan fingerprint density at radius 1 is 0.675 bits per heavy atom. The number of rotatable bonds is 11. The Morgan fingerprint density at radius 2 is 1.15 bits per heavy atom. The average molecular weight is 593 g/mol. The Labute approximate surface area is 245 Å². The molecule has 0 saturated heterocycles. The Kier molecular flexibility index (Phi) is 10.9. The fourth-order valence-corrected chi connectivity index (χ4v) is 20.5. The van der Waals surface area contributed by atoms with Crippen molar-refractivity contribution in [3.63, 3.8) is 0 Å². The number of hydrogen-bond donors (Lipinski definition) is 0. The maximum atomic E-state index is 15.2. The van der Waals surface area contributed by atoms with E-state index in [1.54, 1.807) is 0 Å². The molecule has 1 unspecified atom stereocenters. The molecular weight excluding hydrogens is 546 g/mol. The highest BCUT2D eigenvalue weighted by atomic mass is 32.2. The SMILES string of the molecule is CCCCc1ccc(S(=O)(=O)C(P(c2ccccc2)c2ccccc2)P(C2CCCCC2)C2CCCCC2)cc1. The van der Waals surface area contributed by atoms with Crippen molar-refractivity contribution in [2.75, 3.05) is 0 Å². The van der Waals surface area contributed by atoms with Crippen molar-refractivity contribution in [3.8, 4) is 0 Å². The molecular formula is C35H46O2P2S. The van der Waals surface area contributed by atoms with Crippen molar-refractivity contribution >= 4 is 36.3 Å². The first kappa shape index (κ1) is 29.9. The van der Waals surface area contributed by atoms with Crippen molar-refractivity contribution in [2.45, 2.75) is 111 Å². The van der Waals surface area contributed by atoms with Gasteiger partial charge in [0, 0.05) is 0 Å². The predicted octanol–water partition coefficient (Wildman–Crippen LogP) is 9.37. The predicted molar refractivity (Wildman–Crippen MR) is 176 cm³/mol. The molecule has 0 aromatic heterocycles. The molecule has 5 rings (SSSR count). The zero-order valence-electron chi connectivity index (χ0n) is 24.1. The van der Waals surface area contributed by atoms with Gasteiger partial charge in [0.15, 0.2) is 9.84 Å². The molecule has 2 nitrogen and oxygen atoms in total. The second-order valence-electron chi connectivity index (χ2n) is 11.7. The van der Waals surface area contributed by atoms with Gasteiger partial charge in [-0.05, 0) is 86.1 Å². The van der Waals surface area contributed by atoms with Gasteiger partial charge >= 0.3 is 0 Å². The molecule has 3 aromatic rings. The molecule has 40 heavy (non-hydrogen) atoms. The second-order valence-corrected chi connectivity index (χ2v) is 20.0. The van der Waals surface area contributed by atoms with Crippen LogP contribution in [-0.4, -0.2) is 24.5 Å². The monoisotopic (exact) mass is 592 g/mol. The summed E-state index contributed by atoms with van der Waals surface area (Å²) in [6, 6.07) is 29.4. The van der Waals surface area contributed by atoms with E-state index in [4.69, 9.17) is 0 Å². The van der Waals surface area contributed by atoms with E-state index in [-0.39, 0.29) is 4.73 Å². The molecule has 2 fully saturated rings. The van der Waals surface area contributed by atoms with Crippen LogP contribution in [0.1, 0.15) is 89.5 Å². The van der Waals surface area contributed by atoms with E-state index in [1.165, 1.54) is 80.4 Å². The van der Waals surface area contributed by atoms with Crippen molar-refractivity contribution in [2.24, 2.45) is 0 Å². The number of sulfone groups is 1. The van der Waals surface area contributed by atoms with Crippen LogP contribution in [-0.2, 0) is 16.3 Å². The minimum Gasteiger partial charge on any atom is -0.223 e. The first-order valence-electron chi connectivity index (χ1n) is 15.6. The molecule has 0 amide bonds. The highest BCUT2D eigenvalue weighted by Gasteiger charge is 2.47. The van der Waals surface area contributed by atoms with E-state index >= 15 is 8.42 Å². The summed E-state index contributed by atoms with van der Waals surface area (Å²) >= 11 is 0. The van der Waals surface area contributed by atoms with Crippen LogP contribution in [0.3, 0.4) is 0 Å². The molecule has 2 aliphatic carbocycles. The normalized spacial score (nSPS) is 18.3. The Bertz CT molecular complexity index is 1210. The lowest BCUT2D eigenvalue weighted by Gasteiger charge is -2.45. The summed E-state index contributed by atoms with van der Waals surface area (Å²) in [6.07, 6.45) is 15.7. The van der Waals surface area contributed by atoms with Gasteiger partial charge < -0.3 is 0 Å². The average Bonchev–Trinajstić information content (AvgIpc) is 3.02. The smallest absolute Gasteiger partial charge is 0.189 e. The zero-order valence-corrected chi connectivity index (χ0v) is 26.7. The standard InChI is InChI=1S/C35H46O2P2S/c1-2-3-16-29-25-27-34(28-26-29)40(36,37)35(38(30-17-8-4-9-18-30)31-19-10-5-11-20-31)39(32-21-12-6-13-22-32)33-23-14-7-15-24-33/h4-5,8-11,17-20,25-28,32-33,35H,2-3,6-7,12-16,21-24H2,1H3. The van der Waals surface area contributed by atoms with Crippen molar-refractivity contribution in [1.29, 1.82) is 0 Å². The molecule has 0 spiro atoms. The van der Waals surface area contributed by atoms with E-state index in [0.717, 1.165) is 19.3 Å². The molecule has 3 aromatic carbocycles. The fourth-order valence-electron chi connectivity index (χ4n) is 6.78. The van der Waals surface area contributed by atoms with E-state index in [9.17, 15) is 0 Å². The van der Waals surface area contributed by atoms with Gasteiger partial charge in [0.25, 0.3) is 0 Å². The fraction of sp³-hybridized carbons (Fsp3) is 0.486. The summed E-state index contributed by atoms with van der Waals surface area (Å²) in [5, 5.41) is 2.41. The van der Waals surface area contributed by atoms with Crippen molar-refractivity contribution in [1.82, 2.24) is 0 Å². The van der Waals surface area contributed by atoms with E-state index in [2.05, 4.69) is 79.7 Å². The van der Waals surface area contributed by atoms with Crippen molar-refractivity contribution < 1.29 is 8.42 Å². The summed E-state index contributed by atoms with van der Waals surface area (Å²) in [4.78, 5) is 0.538. The zero-order chi connectivity index (χ0) is 27.8. The van der Waals surface area contributed by atoms with Crippen LogP contribution in [0.2, 0.25) is 0 Å². The minimum absolute atomic E-state index is 0.352. The van der Waals surface area contributed by atoms with Gasteiger partial charge in [0.1, 0.15) is 4.73 Å². The molecule has 0 aliphatic heterocycles. The van der Waals surface area contributed by atoms with Crippen LogP contribution < -0.4 is 10.6 Å². The van der Waals surface area contributed by atoms with Crippen molar-refractivity contribution in [3.05, 3.63) is 90.5 Å². The molecule has 0 N–H and O–H groups in total. The van der Waals surface area contributed by atoms with Gasteiger partial charge in [0.05, 0.1) is 4.90 Å². The summed E-state index contributed by atoms with van der Waals surface area (Å²) in [5.74, 6) is 0. The highest BCUT2D eigenvalue weighted by Crippen LogP contribution is 2.69. The maximum absolute atomic E-state index is 15.2.